The second-order valence-corrected chi connectivity index (χ2v) is 5.66. The molecule has 0 aliphatic rings. The van der Waals surface area contributed by atoms with Crippen LogP contribution in [0.1, 0.15) is 6.92 Å². The van der Waals surface area contributed by atoms with Crippen LogP contribution in [0.4, 0.5) is 11.6 Å². The maximum atomic E-state index is 11.3. The van der Waals surface area contributed by atoms with Crippen LogP contribution in [0.15, 0.2) is 18.6 Å². The molecule has 2 heterocycles. The molecular weight excluding hydrogens is 238 g/mol. The largest absolute Gasteiger partial charge is 0.382 e. The Hall–Kier alpha value is -1.63. The summed E-state index contributed by atoms with van der Waals surface area (Å²) in [4.78, 5) is 8.38. The molecule has 6 nitrogen and oxygen atoms in total. The van der Waals surface area contributed by atoms with Crippen molar-refractivity contribution in [3.8, 4) is 0 Å². The Morgan fingerprint density at radius 3 is 3.12 bits per heavy atom. The van der Waals surface area contributed by atoms with Gasteiger partial charge in [-0.05, 0) is 6.92 Å². The molecule has 0 aliphatic heterocycles. The fourth-order valence-electron chi connectivity index (χ4n) is 1.43. The van der Waals surface area contributed by atoms with E-state index in [0.717, 1.165) is 0 Å². The number of hydrogen-bond acceptors (Lipinski definition) is 5. The van der Waals surface area contributed by atoms with Gasteiger partial charge >= 0.3 is 0 Å². The van der Waals surface area contributed by atoms with E-state index in [0.29, 0.717) is 23.8 Å². The predicted molar refractivity (Wildman–Crippen MR) is 69.4 cm³/mol. The number of anilines is 2. The highest BCUT2D eigenvalue weighted by Gasteiger charge is 2.09. The lowest BCUT2D eigenvalue weighted by molar-refractivity contribution is 0.679. The van der Waals surface area contributed by atoms with Crippen LogP contribution >= 0.6 is 0 Å². The highest BCUT2D eigenvalue weighted by Crippen LogP contribution is 2.14. The summed E-state index contributed by atoms with van der Waals surface area (Å²) in [5.41, 5.74) is 6.41. The molecule has 2 rings (SSSR count). The molecule has 0 fully saturated rings. The van der Waals surface area contributed by atoms with E-state index in [1.807, 2.05) is 6.92 Å². The number of aromatic nitrogens is 3. The third-order valence-corrected chi connectivity index (χ3v) is 3.82. The van der Waals surface area contributed by atoms with Gasteiger partial charge in [0.25, 0.3) is 0 Å². The molecule has 3 N–H and O–H groups in total. The third kappa shape index (κ3) is 2.55. The maximum absolute atomic E-state index is 11.3. The van der Waals surface area contributed by atoms with Gasteiger partial charge in [-0.2, -0.15) is 0 Å². The van der Waals surface area contributed by atoms with Crippen LogP contribution in [0.2, 0.25) is 0 Å². The number of nitrogens with zero attached hydrogens (tertiary/aromatic N) is 3. The molecule has 0 bridgehead atoms. The van der Waals surface area contributed by atoms with Gasteiger partial charge in [0.2, 0.25) is 0 Å². The zero-order chi connectivity index (χ0) is 12.4. The van der Waals surface area contributed by atoms with Crippen LogP contribution in [-0.4, -0.2) is 36.6 Å². The van der Waals surface area contributed by atoms with Crippen LogP contribution in [0, 0.1) is 0 Å². The van der Waals surface area contributed by atoms with Crippen LogP contribution in [0.25, 0.3) is 5.65 Å². The number of nitrogens with two attached hydrogens (primary N) is 1. The van der Waals surface area contributed by atoms with Crippen LogP contribution < -0.4 is 11.1 Å². The fraction of sp³-hybridized carbons (Fsp3) is 0.400. The summed E-state index contributed by atoms with van der Waals surface area (Å²) in [6, 6.07) is 0. The van der Waals surface area contributed by atoms with Crippen molar-refractivity contribution in [3.05, 3.63) is 18.6 Å². The summed E-state index contributed by atoms with van der Waals surface area (Å²) in [6.07, 6.45) is 6.88. The lowest BCUT2D eigenvalue weighted by atomic mass is 10.4. The van der Waals surface area contributed by atoms with Crippen molar-refractivity contribution >= 4 is 28.1 Å². The topological polar surface area (TPSA) is 85.3 Å². The lowest BCUT2D eigenvalue weighted by Crippen LogP contribution is -2.21. The molecule has 0 amide bonds. The maximum Gasteiger partial charge on any atom is 0.180 e. The first-order valence-electron chi connectivity index (χ1n) is 5.23. The van der Waals surface area contributed by atoms with Gasteiger partial charge in [-0.25, -0.2) is 9.97 Å². The summed E-state index contributed by atoms with van der Waals surface area (Å²) < 4.78 is 13.1. The quantitative estimate of drug-likeness (QED) is 0.828. The number of nitrogens with one attached hydrogen (secondary N) is 1. The summed E-state index contributed by atoms with van der Waals surface area (Å²) in [7, 11) is -0.862. The Morgan fingerprint density at radius 2 is 2.41 bits per heavy atom. The van der Waals surface area contributed by atoms with E-state index in [9.17, 15) is 4.21 Å². The summed E-state index contributed by atoms with van der Waals surface area (Å²) in [6.45, 7) is 2.49. The van der Waals surface area contributed by atoms with Crippen molar-refractivity contribution in [2.24, 2.45) is 0 Å². The fourth-order valence-corrected chi connectivity index (χ4v) is 1.75. The minimum absolute atomic E-state index is 0.0493. The van der Waals surface area contributed by atoms with Gasteiger partial charge in [-0.3, -0.25) is 4.21 Å². The van der Waals surface area contributed by atoms with E-state index in [2.05, 4.69) is 15.3 Å². The highest BCUT2D eigenvalue weighted by atomic mass is 32.2. The number of nitrogen functional groups attached to an aromatic ring is 1. The van der Waals surface area contributed by atoms with E-state index in [-0.39, 0.29) is 5.25 Å². The third-order valence-electron chi connectivity index (χ3n) is 2.52. The minimum atomic E-state index is -0.862. The molecule has 17 heavy (non-hydrogen) atoms. The van der Waals surface area contributed by atoms with Crippen LogP contribution in [-0.2, 0) is 10.8 Å². The Kier molecular flexibility index (Phi) is 3.28. The first-order valence-corrected chi connectivity index (χ1v) is 6.85. The minimum Gasteiger partial charge on any atom is -0.382 e. The van der Waals surface area contributed by atoms with E-state index >= 15 is 0 Å². The second kappa shape index (κ2) is 4.70. The number of rotatable bonds is 4. The molecule has 2 unspecified atom stereocenters. The molecule has 2 atom stereocenters. The average Bonchev–Trinajstić information content (AvgIpc) is 2.72. The van der Waals surface area contributed by atoms with E-state index in [4.69, 9.17) is 5.73 Å². The van der Waals surface area contributed by atoms with Crippen molar-refractivity contribution in [2.45, 2.75) is 12.2 Å². The van der Waals surface area contributed by atoms with Crippen molar-refractivity contribution in [2.75, 3.05) is 23.9 Å². The molecule has 7 heteroatoms. The zero-order valence-electron chi connectivity index (χ0n) is 9.75. The van der Waals surface area contributed by atoms with Gasteiger partial charge in [0.15, 0.2) is 11.5 Å². The molecule has 0 aliphatic carbocycles. The van der Waals surface area contributed by atoms with Gasteiger partial charge in [0.1, 0.15) is 5.82 Å². The Balaban J connectivity index is 2.23. The normalized spacial score (nSPS) is 14.7. The van der Waals surface area contributed by atoms with Crippen LogP contribution in [0.3, 0.4) is 0 Å². The van der Waals surface area contributed by atoms with E-state index < -0.39 is 10.8 Å². The predicted octanol–water partition coefficient (Wildman–Crippen LogP) is 0.490. The SMILES string of the molecule is CC(CNc1nc(N)cn2ccnc12)S(C)=O. The van der Waals surface area contributed by atoms with Gasteiger partial charge in [-0.15, -0.1) is 0 Å². The molecule has 0 saturated heterocycles. The molecule has 0 radical (unpaired) electrons. The first kappa shape index (κ1) is 11.8. The van der Waals surface area contributed by atoms with Crippen molar-refractivity contribution < 1.29 is 4.21 Å². The number of fused-ring (bicyclic) bond motifs is 1. The molecule has 92 valence electrons. The van der Waals surface area contributed by atoms with E-state index in [1.54, 1.807) is 29.2 Å². The zero-order valence-corrected chi connectivity index (χ0v) is 10.6. The van der Waals surface area contributed by atoms with Crippen molar-refractivity contribution in [1.29, 1.82) is 0 Å². The summed E-state index contributed by atoms with van der Waals surface area (Å²) >= 11 is 0. The van der Waals surface area contributed by atoms with Crippen LogP contribution in [0.5, 0.6) is 0 Å². The van der Waals surface area contributed by atoms with Crippen molar-refractivity contribution in [1.82, 2.24) is 14.4 Å². The lowest BCUT2D eigenvalue weighted by Gasteiger charge is -2.11. The summed E-state index contributed by atoms with van der Waals surface area (Å²) in [5.74, 6) is 1.04. The van der Waals surface area contributed by atoms with Gasteiger partial charge in [0.05, 0.1) is 6.20 Å². The van der Waals surface area contributed by atoms with E-state index in [1.165, 1.54) is 0 Å². The molecule has 2 aromatic heterocycles. The number of hydrogen-bond donors (Lipinski definition) is 2. The number of imidazole rings is 1. The molecule has 0 spiro atoms. The molecule has 0 aromatic carbocycles. The van der Waals surface area contributed by atoms with Gasteiger partial charge in [0, 0.05) is 41.2 Å². The molecule has 0 saturated carbocycles. The Bertz CT molecular complexity index is 553. The van der Waals surface area contributed by atoms with Crippen molar-refractivity contribution in [3.63, 3.8) is 0 Å². The summed E-state index contributed by atoms with van der Waals surface area (Å²) in [5, 5.41) is 3.18. The second-order valence-electron chi connectivity index (χ2n) is 3.86. The molecule has 2 aromatic rings. The molecular formula is C10H15N5OS. The first-order chi connectivity index (χ1) is 8.08. The standard InChI is InChI=1S/C10H15N5OS/c1-7(17(2)16)5-13-9-10-12-3-4-15(10)6-8(11)14-9/h3-4,6-7H,5,11H2,1-2H3,(H,13,14). The average molecular weight is 253 g/mol. The van der Waals surface area contributed by atoms with Gasteiger partial charge < -0.3 is 15.5 Å². The smallest absolute Gasteiger partial charge is 0.180 e. The van der Waals surface area contributed by atoms with Gasteiger partial charge in [-0.1, -0.05) is 0 Å². The highest BCUT2D eigenvalue weighted by molar-refractivity contribution is 7.84. The Labute approximate surface area is 102 Å². The Morgan fingerprint density at radius 1 is 1.65 bits per heavy atom. The monoisotopic (exact) mass is 253 g/mol.